The molecule has 0 aliphatic carbocycles. The summed E-state index contributed by atoms with van der Waals surface area (Å²) in [5.41, 5.74) is 0.438. The van der Waals surface area contributed by atoms with Crippen molar-refractivity contribution in [1.29, 1.82) is 0 Å². The molecule has 3 rings (SSSR count). The minimum atomic E-state index is -0.876. The molecule has 164 valence electrons. The molecule has 1 saturated heterocycles. The Kier molecular flexibility index (Phi) is 6.91. The van der Waals surface area contributed by atoms with Gasteiger partial charge in [-0.25, -0.2) is 4.39 Å². The van der Waals surface area contributed by atoms with Crippen molar-refractivity contribution < 1.29 is 33.3 Å². The number of nitrogens with zero attached hydrogens (tertiary/aromatic N) is 1. The Labute approximate surface area is 179 Å². The number of aliphatic hydroxyl groups excluding tert-OH is 1. The standard InChI is InChI=1S/C23H24FNO6/c1-4-31-16-8-5-14(6-9-16)20-19(22(27)23(28)25(20)11-12-29-2)21(26)17-13-15(24)7-10-18(17)30-3/h5-10,13,20,26H,4,11-12H2,1-3H3/b21-19+. The van der Waals surface area contributed by atoms with Crippen LogP contribution in [0.1, 0.15) is 24.1 Å². The van der Waals surface area contributed by atoms with Crippen molar-refractivity contribution in [2.24, 2.45) is 0 Å². The Morgan fingerprint density at radius 2 is 1.84 bits per heavy atom. The number of likely N-dealkylation sites (tertiary alicyclic amines) is 1. The van der Waals surface area contributed by atoms with Crippen LogP contribution in [0.25, 0.3) is 5.76 Å². The molecule has 2 aromatic carbocycles. The van der Waals surface area contributed by atoms with Crippen LogP contribution >= 0.6 is 0 Å². The largest absolute Gasteiger partial charge is 0.507 e. The van der Waals surface area contributed by atoms with Gasteiger partial charge in [-0.15, -0.1) is 0 Å². The molecular formula is C23H24FNO6. The molecule has 1 unspecified atom stereocenters. The molecule has 0 bridgehead atoms. The molecule has 1 amide bonds. The van der Waals surface area contributed by atoms with Crippen LogP contribution in [0.5, 0.6) is 11.5 Å². The molecule has 31 heavy (non-hydrogen) atoms. The normalized spacial score (nSPS) is 17.8. The van der Waals surface area contributed by atoms with Gasteiger partial charge in [-0.05, 0) is 42.8 Å². The Balaban J connectivity index is 2.17. The molecule has 0 saturated carbocycles. The number of benzene rings is 2. The van der Waals surface area contributed by atoms with Gasteiger partial charge in [0.05, 0.1) is 37.5 Å². The van der Waals surface area contributed by atoms with Crippen molar-refractivity contribution in [3.63, 3.8) is 0 Å². The number of carbonyl (C=O) groups is 2. The molecule has 0 spiro atoms. The number of carbonyl (C=O) groups excluding carboxylic acids is 2. The summed E-state index contributed by atoms with van der Waals surface area (Å²) in [5.74, 6) is -1.95. The highest BCUT2D eigenvalue weighted by molar-refractivity contribution is 6.46. The minimum Gasteiger partial charge on any atom is -0.507 e. The summed E-state index contributed by atoms with van der Waals surface area (Å²) >= 11 is 0. The quantitative estimate of drug-likeness (QED) is 0.394. The summed E-state index contributed by atoms with van der Waals surface area (Å²) in [7, 11) is 2.85. The lowest BCUT2D eigenvalue weighted by Gasteiger charge is -2.25. The third-order valence-corrected chi connectivity index (χ3v) is 5.00. The molecule has 1 fully saturated rings. The first-order valence-electron chi connectivity index (χ1n) is 9.76. The van der Waals surface area contributed by atoms with E-state index in [-0.39, 0.29) is 30.0 Å². The number of hydrogen-bond acceptors (Lipinski definition) is 6. The molecule has 0 radical (unpaired) electrons. The summed E-state index contributed by atoms with van der Waals surface area (Å²) in [6.45, 7) is 2.69. The maximum absolute atomic E-state index is 13.9. The van der Waals surface area contributed by atoms with E-state index < -0.39 is 29.3 Å². The van der Waals surface area contributed by atoms with E-state index in [0.29, 0.717) is 17.9 Å². The topological polar surface area (TPSA) is 85.3 Å². The van der Waals surface area contributed by atoms with Crippen LogP contribution in [-0.4, -0.2) is 55.7 Å². The summed E-state index contributed by atoms with van der Waals surface area (Å²) in [5, 5.41) is 11.0. The lowest BCUT2D eigenvalue weighted by molar-refractivity contribution is -0.140. The van der Waals surface area contributed by atoms with Crippen LogP contribution in [0.3, 0.4) is 0 Å². The number of aliphatic hydroxyl groups is 1. The summed E-state index contributed by atoms with van der Waals surface area (Å²) in [6.07, 6.45) is 0. The number of halogens is 1. The van der Waals surface area contributed by atoms with Crippen LogP contribution in [0.4, 0.5) is 4.39 Å². The molecule has 1 N–H and O–H groups in total. The van der Waals surface area contributed by atoms with Gasteiger partial charge in [-0.3, -0.25) is 9.59 Å². The SMILES string of the molecule is CCOc1ccc(C2/C(=C(\O)c3cc(F)ccc3OC)C(=O)C(=O)N2CCOC)cc1. The fourth-order valence-electron chi connectivity index (χ4n) is 3.57. The monoisotopic (exact) mass is 429 g/mol. The second kappa shape index (κ2) is 9.61. The van der Waals surface area contributed by atoms with E-state index >= 15 is 0 Å². The van der Waals surface area contributed by atoms with E-state index in [2.05, 4.69) is 0 Å². The zero-order valence-electron chi connectivity index (χ0n) is 17.6. The van der Waals surface area contributed by atoms with Crippen LogP contribution in [0.15, 0.2) is 48.0 Å². The zero-order valence-corrected chi connectivity index (χ0v) is 17.6. The molecular weight excluding hydrogens is 405 g/mol. The number of amides is 1. The second-order valence-electron chi connectivity index (χ2n) is 6.83. The fraction of sp³-hybridized carbons (Fsp3) is 0.304. The third-order valence-electron chi connectivity index (χ3n) is 5.00. The molecule has 7 nitrogen and oxygen atoms in total. The minimum absolute atomic E-state index is 0.0109. The highest BCUT2D eigenvalue weighted by atomic mass is 19.1. The molecule has 1 heterocycles. The number of Topliss-reactive ketones (excluding diaryl/α,β-unsaturated/α-hetero) is 1. The average Bonchev–Trinajstić information content (AvgIpc) is 3.02. The smallest absolute Gasteiger partial charge is 0.295 e. The van der Waals surface area contributed by atoms with Crippen molar-refractivity contribution in [3.8, 4) is 11.5 Å². The van der Waals surface area contributed by atoms with Crippen LogP contribution in [0, 0.1) is 5.82 Å². The van der Waals surface area contributed by atoms with E-state index in [1.54, 1.807) is 24.3 Å². The molecule has 1 atom stereocenters. The van der Waals surface area contributed by atoms with E-state index in [9.17, 15) is 19.1 Å². The zero-order chi connectivity index (χ0) is 22.5. The van der Waals surface area contributed by atoms with Gasteiger partial charge in [-0.1, -0.05) is 12.1 Å². The van der Waals surface area contributed by atoms with E-state index in [0.717, 1.165) is 6.07 Å². The third kappa shape index (κ3) is 4.39. The van der Waals surface area contributed by atoms with Gasteiger partial charge in [0, 0.05) is 13.7 Å². The summed E-state index contributed by atoms with van der Waals surface area (Å²) in [6, 6.07) is 9.59. The van der Waals surface area contributed by atoms with Crippen molar-refractivity contribution in [2.75, 3.05) is 34.0 Å². The van der Waals surface area contributed by atoms with Gasteiger partial charge < -0.3 is 24.2 Å². The first-order valence-corrected chi connectivity index (χ1v) is 9.76. The van der Waals surface area contributed by atoms with Crippen LogP contribution < -0.4 is 9.47 Å². The Morgan fingerprint density at radius 1 is 1.13 bits per heavy atom. The maximum Gasteiger partial charge on any atom is 0.295 e. The van der Waals surface area contributed by atoms with Crippen molar-refractivity contribution in [1.82, 2.24) is 4.90 Å². The van der Waals surface area contributed by atoms with E-state index in [1.165, 1.54) is 31.3 Å². The predicted molar refractivity (Wildman–Crippen MR) is 111 cm³/mol. The fourth-order valence-corrected chi connectivity index (χ4v) is 3.57. The van der Waals surface area contributed by atoms with Crippen molar-refractivity contribution >= 4 is 17.4 Å². The van der Waals surface area contributed by atoms with Gasteiger partial charge >= 0.3 is 0 Å². The van der Waals surface area contributed by atoms with E-state index in [4.69, 9.17) is 14.2 Å². The first kappa shape index (κ1) is 22.3. The van der Waals surface area contributed by atoms with Gasteiger partial charge in [0.1, 0.15) is 23.1 Å². The maximum atomic E-state index is 13.9. The highest BCUT2D eigenvalue weighted by Gasteiger charge is 2.46. The number of methoxy groups -OCH3 is 2. The molecule has 1 aliphatic rings. The van der Waals surface area contributed by atoms with Crippen LogP contribution in [0.2, 0.25) is 0 Å². The van der Waals surface area contributed by atoms with Crippen molar-refractivity contribution in [2.45, 2.75) is 13.0 Å². The summed E-state index contributed by atoms with van der Waals surface area (Å²) in [4.78, 5) is 27.0. The summed E-state index contributed by atoms with van der Waals surface area (Å²) < 4.78 is 29.7. The number of ether oxygens (including phenoxy) is 3. The van der Waals surface area contributed by atoms with Gasteiger partial charge in [-0.2, -0.15) is 0 Å². The highest BCUT2D eigenvalue weighted by Crippen LogP contribution is 2.41. The van der Waals surface area contributed by atoms with Crippen molar-refractivity contribution in [3.05, 3.63) is 65.0 Å². The predicted octanol–water partition coefficient (Wildman–Crippen LogP) is 3.30. The molecule has 8 heteroatoms. The lowest BCUT2D eigenvalue weighted by Crippen LogP contribution is -2.32. The first-order chi connectivity index (χ1) is 14.9. The lowest BCUT2D eigenvalue weighted by atomic mass is 9.95. The molecule has 1 aliphatic heterocycles. The van der Waals surface area contributed by atoms with E-state index in [1.807, 2.05) is 6.92 Å². The Morgan fingerprint density at radius 3 is 2.45 bits per heavy atom. The van der Waals surface area contributed by atoms with Gasteiger partial charge in [0.25, 0.3) is 11.7 Å². The van der Waals surface area contributed by atoms with Crippen LogP contribution in [-0.2, 0) is 14.3 Å². The molecule has 2 aromatic rings. The Bertz CT molecular complexity index is 1000. The number of ketones is 1. The Hall–Kier alpha value is -3.39. The van der Waals surface area contributed by atoms with Gasteiger partial charge in [0.2, 0.25) is 0 Å². The molecule has 0 aromatic heterocycles. The second-order valence-corrected chi connectivity index (χ2v) is 6.83. The number of hydrogen-bond donors (Lipinski definition) is 1. The number of rotatable bonds is 8. The van der Waals surface area contributed by atoms with Gasteiger partial charge in [0.15, 0.2) is 0 Å². The average molecular weight is 429 g/mol.